The zero-order chi connectivity index (χ0) is 22.8. The van der Waals surface area contributed by atoms with Crippen molar-refractivity contribution in [3.63, 3.8) is 0 Å². The quantitative estimate of drug-likeness (QED) is 0.695. The lowest BCUT2D eigenvalue weighted by atomic mass is 10.1. The number of carbonyl (C=O) groups excluding carboxylic acids is 1. The number of alkyl halides is 3. The van der Waals surface area contributed by atoms with Crippen molar-refractivity contribution in [2.75, 3.05) is 38.1 Å². The average molecular weight is 456 g/mol. The minimum absolute atomic E-state index is 0.00520. The van der Waals surface area contributed by atoms with Crippen molar-refractivity contribution in [3.8, 4) is 0 Å². The lowest BCUT2D eigenvalue weighted by molar-refractivity contribution is -0.138. The van der Waals surface area contributed by atoms with Crippen molar-refractivity contribution in [2.24, 2.45) is 0 Å². The number of nitrogens with zero attached hydrogens (tertiary/aromatic N) is 3. The van der Waals surface area contributed by atoms with E-state index < -0.39 is 28.3 Å². The zero-order valence-corrected chi connectivity index (χ0v) is 18.1. The molecule has 1 saturated heterocycles. The van der Waals surface area contributed by atoms with Gasteiger partial charge in [-0.2, -0.15) is 17.5 Å². The molecule has 2 aromatic carbocycles. The van der Waals surface area contributed by atoms with E-state index in [0.717, 1.165) is 16.1 Å². The number of sulfonamides is 1. The van der Waals surface area contributed by atoms with E-state index in [-0.39, 0.29) is 16.4 Å². The van der Waals surface area contributed by atoms with Gasteiger partial charge in [0.05, 0.1) is 10.5 Å². The minimum Gasteiger partial charge on any atom is -0.368 e. The van der Waals surface area contributed by atoms with Crippen LogP contribution in [0.4, 0.5) is 18.9 Å². The number of piperazine rings is 1. The number of rotatable bonds is 5. The maximum atomic E-state index is 13.2. The molecule has 1 fully saturated rings. The second-order valence-electron chi connectivity index (χ2n) is 7.40. The van der Waals surface area contributed by atoms with Crippen LogP contribution in [0.3, 0.4) is 0 Å². The summed E-state index contributed by atoms with van der Waals surface area (Å²) >= 11 is 0. The predicted molar refractivity (Wildman–Crippen MR) is 111 cm³/mol. The van der Waals surface area contributed by atoms with E-state index in [1.165, 1.54) is 44.3 Å². The molecule has 0 aliphatic carbocycles. The Hall–Kier alpha value is -2.59. The Morgan fingerprint density at radius 3 is 2.13 bits per heavy atom. The molecule has 0 radical (unpaired) electrons. The van der Waals surface area contributed by atoms with Crippen LogP contribution in [-0.2, 0) is 27.5 Å². The summed E-state index contributed by atoms with van der Waals surface area (Å²) in [6, 6.07) is 11.2. The third kappa shape index (κ3) is 5.19. The van der Waals surface area contributed by atoms with Gasteiger partial charge in [-0.3, -0.25) is 4.79 Å². The van der Waals surface area contributed by atoms with Gasteiger partial charge in [0.15, 0.2) is 0 Å². The molecule has 0 atom stereocenters. The average Bonchev–Trinajstić information content (AvgIpc) is 2.73. The Balaban J connectivity index is 1.73. The summed E-state index contributed by atoms with van der Waals surface area (Å²) in [7, 11) is -2.71. The van der Waals surface area contributed by atoms with E-state index in [4.69, 9.17) is 0 Å². The molecule has 0 bridgehead atoms. The Kier molecular flexibility index (Phi) is 6.61. The van der Waals surface area contributed by atoms with Crippen molar-refractivity contribution >= 4 is 21.6 Å². The summed E-state index contributed by atoms with van der Waals surface area (Å²) in [6.45, 7) is 3.60. The number of anilines is 1. The Morgan fingerprint density at radius 1 is 1.00 bits per heavy atom. The molecule has 1 heterocycles. The lowest BCUT2D eigenvalue weighted by Crippen LogP contribution is -2.48. The summed E-state index contributed by atoms with van der Waals surface area (Å²) < 4.78 is 66.3. The molecule has 31 heavy (non-hydrogen) atoms. The molecule has 2 aromatic rings. The van der Waals surface area contributed by atoms with Crippen LogP contribution in [0, 0.1) is 0 Å². The third-order valence-electron chi connectivity index (χ3n) is 5.35. The highest BCUT2D eigenvalue weighted by Crippen LogP contribution is 2.33. The third-order valence-corrected chi connectivity index (χ3v) is 7.17. The van der Waals surface area contributed by atoms with Gasteiger partial charge >= 0.3 is 6.18 Å². The number of hydrogen-bond donors (Lipinski definition) is 0. The van der Waals surface area contributed by atoms with Crippen LogP contribution in [-0.4, -0.2) is 56.8 Å². The first-order valence-electron chi connectivity index (χ1n) is 9.72. The van der Waals surface area contributed by atoms with Gasteiger partial charge in [0, 0.05) is 52.4 Å². The highest BCUT2D eigenvalue weighted by atomic mass is 32.2. The smallest absolute Gasteiger partial charge is 0.368 e. The highest BCUT2D eigenvalue weighted by Gasteiger charge is 2.34. The van der Waals surface area contributed by atoms with Gasteiger partial charge in [0.25, 0.3) is 0 Å². The van der Waals surface area contributed by atoms with Crippen LogP contribution in [0.25, 0.3) is 0 Å². The first kappa shape index (κ1) is 23.1. The fourth-order valence-corrected chi connectivity index (χ4v) is 4.70. The number of benzene rings is 2. The Bertz CT molecular complexity index is 1030. The summed E-state index contributed by atoms with van der Waals surface area (Å²) in [5.74, 6) is 0.0243. The van der Waals surface area contributed by atoms with Crippen LogP contribution in [0.5, 0.6) is 0 Å². The molecule has 3 rings (SSSR count). The molecule has 0 N–H and O–H groups in total. The predicted octanol–water partition coefficient (Wildman–Crippen LogP) is 3.19. The first-order valence-corrected chi connectivity index (χ1v) is 11.2. The molecule has 0 spiro atoms. The van der Waals surface area contributed by atoms with Gasteiger partial charge in [-0.1, -0.05) is 18.2 Å². The Labute approximate surface area is 179 Å². The van der Waals surface area contributed by atoms with Gasteiger partial charge in [-0.05, 0) is 35.9 Å². The molecule has 0 aromatic heterocycles. The number of carbonyl (C=O) groups is 1. The van der Waals surface area contributed by atoms with Crippen LogP contribution in [0.15, 0.2) is 53.4 Å². The standard InChI is InChI=1S/C21H24F3N3O3S/c1-16(28)26-11-13-27(14-12-26)18-7-9-19(10-8-18)31(29,30)25(2)15-17-5-3-4-6-20(17)21(22,23)24/h3-10H,11-15H2,1-2H3. The van der Waals surface area contributed by atoms with Crippen molar-refractivity contribution in [3.05, 3.63) is 59.7 Å². The van der Waals surface area contributed by atoms with E-state index in [1.807, 2.05) is 0 Å². The summed E-state index contributed by atoms with van der Waals surface area (Å²) in [5.41, 5.74) is -0.134. The highest BCUT2D eigenvalue weighted by molar-refractivity contribution is 7.89. The topological polar surface area (TPSA) is 60.9 Å². The van der Waals surface area contributed by atoms with Crippen LogP contribution in [0.2, 0.25) is 0 Å². The first-order chi connectivity index (χ1) is 14.5. The van der Waals surface area contributed by atoms with Crippen molar-refractivity contribution in [1.82, 2.24) is 9.21 Å². The number of hydrogen-bond acceptors (Lipinski definition) is 4. The van der Waals surface area contributed by atoms with Gasteiger partial charge in [-0.15, -0.1) is 0 Å². The summed E-state index contributed by atoms with van der Waals surface area (Å²) in [5, 5.41) is 0. The molecule has 168 valence electrons. The fourth-order valence-electron chi connectivity index (χ4n) is 3.55. The Morgan fingerprint density at radius 2 is 1.58 bits per heavy atom. The number of amides is 1. The largest absolute Gasteiger partial charge is 0.416 e. The van der Waals surface area contributed by atoms with Gasteiger partial charge in [0.2, 0.25) is 15.9 Å². The second kappa shape index (κ2) is 8.88. The minimum atomic E-state index is -4.56. The van der Waals surface area contributed by atoms with E-state index in [2.05, 4.69) is 4.90 Å². The monoisotopic (exact) mass is 455 g/mol. The molecular weight excluding hydrogens is 431 g/mol. The van der Waals surface area contributed by atoms with Crippen molar-refractivity contribution < 1.29 is 26.4 Å². The number of halogens is 3. The van der Waals surface area contributed by atoms with E-state index in [1.54, 1.807) is 17.0 Å². The molecule has 10 heteroatoms. The van der Waals surface area contributed by atoms with Crippen molar-refractivity contribution in [2.45, 2.75) is 24.5 Å². The van der Waals surface area contributed by atoms with Crippen LogP contribution in [0.1, 0.15) is 18.1 Å². The van der Waals surface area contributed by atoms with Gasteiger partial charge in [-0.25, -0.2) is 8.42 Å². The molecule has 0 unspecified atom stereocenters. The van der Waals surface area contributed by atoms with Crippen LogP contribution >= 0.6 is 0 Å². The maximum absolute atomic E-state index is 13.2. The molecule has 1 amide bonds. The second-order valence-corrected chi connectivity index (χ2v) is 9.45. The zero-order valence-electron chi connectivity index (χ0n) is 17.3. The summed E-state index contributed by atoms with van der Waals surface area (Å²) in [6.07, 6.45) is -4.56. The molecule has 6 nitrogen and oxygen atoms in total. The maximum Gasteiger partial charge on any atom is 0.416 e. The van der Waals surface area contributed by atoms with E-state index >= 15 is 0 Å². The SMILES string of the molecule is CC(=O)N1CCN(c2ccc(S(=O)(=O)N(C)Cc3ccccc3C(F)(F)F)cc2)CC1. The van der Waals surface area contributed by atoms with Crippen LogP contribution < -0.4 is 4.90 Å². The van der Waals surface area contributed by atoms with E-state index in [0.29, 0.717) is 26.2 Å². The van der Waals surface area contributed by atoms with E-state index in [9.17, 15) is 26.4 Å². The molecule has 1 aliphatic heterocycles. The lowest BCUT2D eigenvalue weighted by Gasteiger charge is -2.35. The summed E-state index contributed by atoms with van der Waals surface area (Å²) in [4.78, 5) is 15.3. The molecule has 1 aliphatic rings. The molecular formula is C21H24F3N3O3S. The fraction of sp³-hybridized carbons (Fsp3) is 0.381. The van der Waals surface area contributed by atoms with Gasteiger partial charge < -0.3 is 9.80 Å². The normalized spacial score (nSPS) is 15.4. The molecule has 0 saturated carbocycles. The van der Waals surface area contributed by atoms with Crippen molar-refractivity contribution in [1.29, 1.82) is 0 Å². The van der Waals surface area contributed by atoms with Gasteiger partial charge in [0.1, 0.15) is 0 Å².